The minimum absolute atomic E-state index is 0.0138. The topological polar surface area (TPSA) is 62.3 Å². The van der Waals surface area contributed by atoms with E-state index < -0.39 is 0 Å². The van der Waals surface area contributed by atoms with E-state index in [4.69, 9.17) is 0 Å². The molecule has 2 amide bonds. The summed E-state index contributed by atoms with van der Waals surface area (Å²) in [6, 6.07) is 3.55. The molecule has 5 heteroatoms. The molecule has 0 radical (unpaired) electrons. The van der Waals surface area contributed by atoms with Crippen LogP contribution in [0.2, 0.25) is 0 Å². The number of hydrogen-bond acceptors (Lipinski definition) is 3. The molecule has 0 unspecified atom stereocenters. The molecule has 2 aliphatic rings. The average molecular weight is 287 g/mol. The molecule has 1 aromatic rings. The van der Waals surface area contributed by atoms with E-state index in [9.17, 15) is 9.59 Å². The Bertz CT molecular complexity index is 506. The molecule has 0 aromatic carbocycles. The fourth-order valence-electron chi connectivity index (χ4n) is 2.73. The molecule has 0 atom stereocenters. The first-order valence-electron chi connectivity index (χ1n) is 7.71. The van der Waals surface area contributed by atoms with Gasteiger partial charge in [-0.15, -0.1) is 0 Å². The molecule has 2 fully saturated rings. The molecule has 1 saturated carbocycles. The quantitative estimate of drug-likeness (QED) is 0.912. The lowest BCUT2D eigenvalue weighted by molar-refractivity contribution is -0.126. The Hall–Kier alpha value is -1.91. The van der Waals surface area contributed by atoms with Gasteiger partial charge in [0.25, 0.3) is 5.91 Å². The van der Waals surface area contributed by atoms with Crippen LogP contribution in [-0.2, 0) is 4.79 Å². The molecule has 21 heavy (non-hydrogen) atoms. The minimum Gasteiger partial charge on any atom is -0.356 e. The summed E-state index contributed by atoms with van der Waals surface area (Å²) in [5.74, 6) is 0.943. The highest BCUT2D eigenvalue weighted by molar-refractivity contribution is 5.94. The molecular weight excluding hydrogens is 266 g/mol. The number of carbonyl (C=O) groups excluding carboxylic acids is 2. The molecule has 3 rings (SSSR count). The van der Waals surface area contributed by atoms with Gasteiger partial charge in [0, 0.05) is 37.9 Å². The summed E-state index contributed by atoms with van der Waals surface area (Å²) in [4.78, 5) is 30.1. The van der Waals surface area contributed by atoms with Crippen LogP contribution in [0.1, 0.15) is 36.0 Å². The van der Waals surface area contributed by atoms with Crippen LogP contribution in [0.3, 0.4) is 0 Å². The molecule has 5 nitrogen and oxygen atoms in total. The van der Waals surface area contributed by atoms with E-state index >= 15 is 0 Å². The maximum atomic E-state index is 12.3. The number of piperidine rings is 1. The highest BCUT2D eigenvalue weighted by Crippen LogP contribution is 2.28. The van der Waals surface area contributed by atoms with E-state index in [-0.39, 0.29) is 17.7 Å². The average Bonchev–Trinajstić information content (AvgIpc) is 3.37. The smallest absolute Gasteiger partial charge is 0.255 e. The highest BCUT2D eigenvalue weighted by atomic mass is 16.2. The lowest BCUT2D eigenvalue weighted by atomic mass is 9.95. The normalized spacial score (nSPS) is 19.3. The third kappa shape index (κ3) is 3.60. The predicted octanol–water partition coefficient (Wildman–Crippen LogP) is 1.46. The van der Waals surface area contributed by atoms with Crippen molar-refractivity contribution in [3.63, 3.8) is 0 Å². The first-order valence-corrected chi connectivity index (χ1v) is 7.71. The molecule has 112 valence electrons. The van der Waals surface area contributed by atoms with E-state index in [1.54, 1.807) is 24.5 Å². The fraction of sp³-hybridized carbons (Fsp3) is 0.562. The number of pyridine rings is 1. The van der Waals surface area contributed by atoms with Crippen molar-refractivity contribution in [1.82, 2.24) is 15.2 Å². The zero-order chi connectivity index (χ0) is 14.7. The SMILES string of the molecule is O=C(NCC1CC1)C1CCN(C(=O)c2cccnc2)CC1. The van der Waals surface area contributed by atoms with Gasteiger partial charge in [0.1, 0.15) is 0 Å². The largest absolute Gasteiger partial charge is 0.356 e. The first kappa shape index (κ1) is 14.0. The predicted molar refractivity (Wildman–Crippen MR) is 78.6 cm³/mol. The number of amides is 2. The van der Waals surface area contributed by atoms with Gasteiger partial charge in [-0.2, -0.15) is 0 Å². The van der Waals surface area contributed by atoms with Crippen LogP contribution >= 0.6 is 0 Å². The maximum Gasteiger partial charge on any atom is 0.255 e. The Morgan fingerprint density at radius 2 is 2.00 bits per heavy atom. The van der Waals surface area contributed by atoms with Crippen molar-refractivity contribution in [3.8, 4) is 0 Å². The van der Waals surface area contributed by atoms with E-state index in [0.717, 1.165) is 19.4 Å². The second-order valence-corrected chi connectivity index (χ2v) is 6.00. The Morgan fingerprint density at radius 1 is 1.24 bits per heavy atom. The molecular formula is C16H21N3O2. The first-order chi connectivity index (χ1) is 10.2. The number of aromatic nitrogens is 1. The summed E-state index contributed by atoms with van der Waals surface area (Å²) >= 11 is 0. The molecule has 0 bridgehead atoms. The van der Waals surface area contributed by atoms with Crippen LogP contribution in [0.4, 0.5) is 0 Å². The van der Waals surface area contributed by atoms with Crippen LogP contribution < -0.4 is 5.32 Å². The van der Waals surface area contributed by atoms with Crippen molar-refractivity contribution >= 4 is 11.8 Å². The van der Waals surface area contributed by atoms with Gasteiger partial charge in [0.15, 0.2) is 0 Å². The zero-order valence-electron chi connectivity index (χ0n) is 12.1. The zero-order valence-corrected chi connectivity index (χ0v) is 12.1. The van der Waals surface area contributed by atoms with Crippen molar-refractivity contribution in [2.24, 2.45) is 11.8 Å². The summed E-state index contributed by atoms with van der Waals surface area (Å²) in [6.07, 6.45) is 7.26. The van der Waals surface area contributed by atoms with Crippen molar-refractivity contribution < 1.29 is 9.59 Å². The fourth-order valence-corrected chi connectivity index (χ4v) is 2.73. The third-order valence-corrected chi connectivity index (χ3v) is 4.32. The maximum absolute atomic E-state index is 12.3. The molecule has 1 saturated heterocycles. The van der Waals surface area contributed by atoms with Crippen molar-refractivity contribution in [3.05, 3.63) is 30.1 Å². The monoisotopic (exact) mass is 287 g/mol. The second kappa shape index (κ2) is 6.24. The van der Waals surface area contributed by atoms with Crippen molar-refractivity contribution in [2.75, 3.05) is 19.6 Å². The Morgan fingerprint density at radius 3 is 2.62 bits per heavy atom. The van der Waals surface area contributed by atoms with E-state index in [1.807, 2.05) is 4.90 Å². The van der Waals surface area contributed by atoms with E-state index in [2.05, 4.69) is 10.3 Å². The number of carbonyl (C=O) groups is 2. The molecule has 1 N–H and O–H groups in total. The molecule has 1 aliphatic carbocycles. The standard InChI is InChI=1S/C16H21N3O2/c20-15(18-10-12-3-4-12)13-5-8-19(9-6-13)16(21)14-2-1-7-17-11-14/h1-2,7,11-13H,3-6,8-10H2,(H,18,20). The van der Waals surface area contributed by atoms with Crippen LogP contribution in [0.15, 0.2) is 24.5 Å². The molecule has 1 aromatic heterocycles. The second-order valence-electron chi connectivity index (χ2n) is 6.00. The van der Waals surface area contributed by atoms with Gasteiger partial charge in [-0.25, -0.2) is 0 Å². The summed E-state index contributed by atoms with van der Waals surface area (Å²) in [5, 5.41) is 3.04. The number of nitrogens with one attached hydrogen (secondary N) is 1. The van der Waals surface area contributed by atoms with Crippen LogP contribution in [0, 0.1) is 11.8 Å². The van der Waals surface area contributed by atoms with Gasteiger partial charge in [-0.05, 0) is 43.7 Å². The number of rotatable bonds is 4. The van der Waals surface area contributed by atoms with Crippen LogP contribution in [0.25, 0.3) is 0 Å². The van der Waals surface area contributed by atoms with E-state index in [1.165, 1.54) is 12.8 Å². The Kier molecular flexibility index (Phi) is 4.18. The molecule has 1 aliphatic heterocycles. The van der Waals surface area contributed by atoms with Crippen molar-refractivity contribution in [2.45, 2.75) is 25.7 Å². The number of hydrogen-bond donors (Lipinski definition) is 1. The summed E-state index contributed by atoms with van der Waals surface area (Å²) in [7, 11) is 0. The summed E-state index contributed by atoms with van der Waals surface area (Å²) < 4.78 is 0. The van der Waals surface area contributed by atoms with Crippen LogP contribution in [0.5, 0.6) is 0 Å². The van der Waals surface area contributed by atoms with Gasteiger partial charge in [-0.1, -0.05) is 0 Å². The minimum atomic E-state index is 0.0138. The van der Waals surface area contributed by atoms with E-state index in [0.29, 0.717) is 24.6 Å². The van der Waals surface area contributed by atoms with Gasteiger partial charge < -0.3 is 10.2 Å². The lowest BCUT2D eigenvalue weighted by Crippen LogP contribution is -2.43. The molecule has 0 spiro atoms. The van der Waals surface area contributed by atoms with Gasteiger partial charge in [0.05, 0.1) is 5.56 Å². The van der Waals surface area contributed by atoms with Crippen LogP contribution in [-0.4, -0.2) is 41.3 Å². The number of likely N-dealkylation sites (tertiary alicyclic amines) is 1. The highest BCUT2D eigenvalue weighted by Gasteiger charge is 2.29. The Balaban J connectivity index is 1.48. The Labute approximate surface area is 124 Å². The lowest BCUT2D eigenvalue weighted by Gasteiger charge is -2.31. The van der Waals surface area contributed by atoms with Gasteiger partial charge in [0.2, 0.25) is 5.91 Å². The summed E-state index contributed by atoms with van der Waals surface area (Å²) in [6.45, 7) is 2.12. The third-order valence-electron chi connectivity index (χ3n) is 4.32. The van der Waals surface area contributed by atoms with Crippen molar-refractivity contribution in [1.29, 1.82) is 0 Å². The van der Waals surface area contributed by atoms with Gasteiger partial charge in [-0.3, -0.25) is 14.6 Å². The van der Waals surface area contributed by atoms with Gasteiger partial charge >= 0.3 is 0 Å². The number of nitrogens with zero attached hydrogens (tertiary/aromatic N) is 2. The molecule has 2 heterocycles. The summed E-state index contributed by atoms with van der Waals surface area (Å²) in [5.41, 5.74) is 0.620.